The number of nitro benzene ring substituents is 4. The number of nitrogens with zero attached hydrogens (tertiary/aromatic N) is 5. The van der Waals surface area contributed by atoms with Crippen LogP contribution in [-0.2, 0) is 0 Å². The molecule has 0 aliphatic heterocycles. The first kappa shape index (κ1) is 18.1. The third kappa shape index (κ3) is 3.34. The Morgan fingerprint density at radius 3 is 1.27 bits per heavy atom. The molecule has 14 heteroatoms. The molecular weight excluding hydrogens is 356 g/mol. The van der Waals surface area contributed by atoms with Gasteiger partial charge in [-0.25, -0.2) is 5.84 Å². The molecule has 0 aliphatic carbocycles. The van der Waals surface area contributed by atoms with Gasteiger partial charge in [-0.1, -0.05) is 0 Å². The van der Waals surface area contributed by atoms with Crippen molar-refractivity contribution in [3.8, 4) is 0 Å². The van der Waals surface area contributed by atoms with E-state index < -0.39 is 42.4 Å². The van der Waals surface area contributed by atoms with E-state index in [1.165, 1.54) is 0 Å². The van der Waals surface area contributed by atoms with Crippen LogP contribution in [0, 0.1) is 40.5 Å². The van der Waals surface area contributed by atoms with Gasteiger partial charge in [-0.2, -0.15) is 0 Å². The van der Waals surface area contributed by atoms with E-state index in [1.807, 2.05) is 0 Å². The fraction of sp³-hybridized carbons (Fsp3) is 0. The zero-order valence-electron chi connectivity index (χ0n) is 12.5. The Labute approximate surface area is 142 Å². The maximum absolute atomic E-state index is 11.2. The van der Waals surface area contributed by atoms with Crippen LogP contribution in [0.3, 0.4) is 0 Å². The van der Waals surface area contributed by atoms with Crippen molar-refractivity contribution in [1.82, 2.24) is 0 Å². The molecular formula is C12H8N6O8. The van der Waals surface area contributed by atoms with Crippen molar-refractivity contribution in [2.75, 3.05) is 5.01 Å². The van der Waals surface area contributed by atoms with Gasteiger partial charge in [0.2, 0.25) is 0 Å². The minimum absolute atomic E-state index is 0.377. The predicted molar refractivity (Wildman–Crippen MR) is 85.8 cm³/mol. The quantitative estimate of drug-likeness (QED) is 0.450. The van der Waals surface area contributed by atoms with Crippen molar-refractivity contribution in [3.05, 3.63) is 76.9 Å². The van der Waals surface area contributed by atoms with E-state index in [-0.39, 0.29) is 11.4 Å². The van der Waals surface area contributed by atoms with E-state index in [4.69, 9.17) is 5.84 Å². The van der Waals surface area contributed by atoms with Crippen LogP contribution in [0.1, 0.15) is 0 Å². The standard InChI is InChI=1S/C12H8N6O8/c13-14(9-3-1-7(15(19)20)5-11(9)17(23)24)10-4-2-8(16(21)22)6-12(10)18(25)26/h1-6H,13H2. The molecule has 0 aromatic heterocycles. The summed E-state index contributed by atoms with van der Waals surface area (Å²) >= 11 is 0. The van der Waals surface area contributed by atoms with Gasteiger partial charge in [-0.15, -0.1) is 0 Å². The lowest BCUT2D eigenvalue weighted by Crippen LogP contribution is -2.26. The van der Waals surface area contributed by atoms with Crippen LogP contribution in [-0.4, -0.2) is 19.7 Å². The molecule has 0 bridgehead atoms. The molecule has 26 heavy (non-hydrogen) atoms. The van der Waals surface area contributed by atoms with Crippen LogP contribution in [0.2, 0.25) is 0 Å². The van der Waals surface area contributed by atoms with E-state index in [2.05, 4.69) is 0 Å². The minimum atomic E-state index is -0.945. The van der Waals surface area contributed by atoms with E-state index in [0.29, 0.717) is 17.1 Å². The maximum atomic E-state index is 11.2. The lowest BCUT2D eigenvalue weighted by molar-refractivity contribution is -0.393. The van der Waals surface area contributed by atoms with Gasteiger partial charge in [0.25, 0.3) is 11.4 Å². The highest BCUT2D eigenvalue weighted by atomic mass is 16.6. The second-order valence-electron chi connectivity index (χ2n) is 4.74. The second kappa shape index (κ2) is 6.73. The number of benzene rings is 2. The van der Waals surface area contributed by atoms with Gasteiger partial charge in [-0.3, -0.25) is 45.5 Å². The van der Waals surface area contributed by atoms with Crippen LogP contribution < -0.4 is 10.9 Å². The third-order valence-corrected chi connectivity index (χ3v) is 3.25. The Hall–Kier alpha value is -4.20. The molecule has 0 fully saturated rings. The zero-order chi connectivity index (χ0) is 19.6. The van der Waals surface area contributed by atoms with Crippen molar-refractivity contribution in [2.45, 2.75) is 0 Å². The number of nitrogens with two attached hydrogens (primary N) is 1. The van der Waals surface area contributed by atoms with Crippen molar-refractivity contribution in [2.24, 2.45) is 5.84 Å². The lowest BCUT2D eigenvalue weighted by atomic mass is 10.2. The van der Waals surface area contributed by atoms with Crippen LogP contribution in [0.5, 0.6) is 0 Å². The highest BCUT2D eigenvalue weighted by Crippen LogP contribution is 2.39. The summed E-state index contributed by atoms with van der Waals surface area (Å²) in [5.74, 6) is 5.73. The molecule has 0 saturated carbocycles. The molecule has 0 spiro atoms. The molecule has 0 radical (unpaired) electrons. The number of nitro groups is 4. The average molecular weight is 364 g/mol. The molecule has 2 aromatic rings. The van der Waals surface area contributed by atoms with Gasteiger partial charge in [0.1, 0.15) is 11.4 Å². The van der Waals surface area contributed by atoms with E-state index in [9.17, 15) is 40.5 Å². The predicted octanol–water partition coefficient (Wildman–Crippen LogP) is 2.33. The summed E-state index contributed by atoms with van der Waals surface area (Å²) in [5, 5.41) is 44.4. The van der Waals surface area contributed by atoms with E-state index in [1.54, 1.807) is 0 Å². The topological polar surface area (TPSA) is 202 Å². The molecule has 0 atom stereocenters. The Bertz CT molecular complexity index is 870. The minimum Gasteiger partial charge on any atom is -0.266 e. The number of non-ortho nitro benzene ring substituents is 2. The Morgan fingerprint density at radius 2 is 1.00 bits per heavy atom. The third-order valence-electron chi connectivity index (χ3n) is 3.25. The fourth-order valence-corrected chi connectivity index (χ4v) is 2.08. The van der Waals surface area contributed by atoms with Gasteiger partial charge >= 0.3 is 11.4 Å². The van der Waals surface area contributed by atoms with Crippen molar-refractivity contribution >= 4 is 34.1 Å². The maximum Gasteiger partial charge on any atom is 0.301 e. The summed E-state index contributed by atoms with van der Waals surface area (Å²) in [6.07, 6.45) is 0. The van der Waals surface area contributed by atoms with E-state index >= 15 is 0 Å². The summed E-state index contributed by atoms with van der Waals surface area (Å²) in [4.78, 5) is 40.3. The summed E-state index contributed by atoms with van der Waals surface area (Å²) < 4.78 is 0. The molecule has 0 saturated heterocycles. The lowest BCUT2D eigenvalue weighted by Gasteiger charge is -2.18. The number of hydrogen-bond acceptors (Lipinski definition) is 10. The smallest absolute Gasteiger partial charge is 0.266 e. The molecule has 0 aliphatic rings. The fourth-order valence-electron chi connectivity index (χ4n) is 2.08. The van der Waals surface area contributed by atoms with Crippen molar-refractivity contribution in [3.63, 3.8) is 0 Å². The largest absolute Gasteiger partial charge is 0.301 e. The Morgan fingerprint density at radius 1 is 0.654 bits per heavy atom. The number of rotatable bonds is 6. The molecule has 2 aromatic carbocycles. The summed E-state index contributed by atoms with van der Waals surface area (Å²) in [5.41, 5.74) is -3.45. The molecule has 14 nitrogen and oxygen atoms in total. The Kier molecular flexibility index (Phi) is 4.70. The van der Waals surface area contributed by atoms with Crippen LogP contribution in [0.25, 0.3) is 0 Å². The molecule has 0 amide bonds. The number of hydrogen-bond donors (Lipinski definition) is 1. The molecule has 2 N–H and O–H groups in total. The highest BCUT2D eigenvalue weighted by Gasteiger charge is 2.28. The first-order chi connectivity index (χ1) is 12.1. The van der Waals surface area contributed by atoms with Crippen LogP contribution >= 0.6 is 0 Å². The molecule has 134 valence electrons. The summed E-state index contributed by atoms with van der Waals surface area (Å²) in [6.45, 7) is 0. The van der Waals surface area contributed by atoms with Crippen molar-refractivity contribution in [1.29, 1.82) is 0 Å². The summed E-state index contributed by atoms with van der Waals surface area (Å²) in [6, 6.07) is 5.04. The average Bonchev–Trinajstić information content (AvgIpc) is 2.59. The SMILES string of the molecule is NN(c1ccc([N+](=O)[O-])cc1[N+](=O)[O-])c1ccc([N+](=O)[O-])cc1[N+](=O)[O-]. The number of hydrazine groups is 1. The van der Waals surface area contributed by atoms with Crippen molar-refractivity contribution < 1.29 is 19.7 Å². The van der Waals surface area contributed by atoms with Crippen LogP contribution in [0.4, 0.5) is 34.1 Å². The molecule has 0 heterocycles. The molecule has 2 rings (SSSR count). The first-order valence-electron chi connectivity index (χ1n) is 6.54. The van der Waals surface area contributed by atoms with Crippen LogP contribution in [0.15, 0.2) is 36.4 Å². The van der Waals surface area contributed by atoms with Gasteiger partial charge < -0.3 is 0 Å². The van der Waals surface area contributed by atoms with Gasteiger partial charge in [0, 0.05) is 12.1 Å². The molecule has 0 unspecified atom stereocenters. The summed E-state index contributed by atoms with van der Waals surface area (Å²) in [7, 11) is 0. The number of anilines is 2. The first-order valence-corrected chi connectivity index (χ1v) is 6.54. The van der Waals surface area contributed by atoms with Gasteiger partial charge in [0.15, 0.2) is 0 Å². The second-order valence-corrected chi connectivity index (χ2v) is 4.74. The van der Waals surface area contributed by atoms with E-state index in [0.717, 1.165) is 24.3 Å². The van der Waals surface area contributed by atoms with Gasteiger partial charge in [0.05, 0.1) is 31.8 Å². The normalized spacial score (nSPS) is 10.2. The van der Waals surface area contributed by atoms with Gasteiger partial charge in [-0.05, 0) is 12.1 Å². The monoisotopic (exact) mass is 364 g/mol. The zero-order valence-corrected chi connectivity index (χ0v) is 12.5. The highest BCUT2D eigenvalue weighted by molar-refractivity contribution is 5.78. The Balaban J connectivity index is 2.64.